The van der Waals surface area contributed by atoms with E-state index in [1.165, 1.54) is 0 Å². The second kappa shape index (κ2) is 11.9. The van der Waals surface area contributed by atoms with Gasteiger partial charge in [-0.05, 0) is 58.7 Å². The van der Waals surface area contributed by atoms with Gasteiger partial charge < -0.3 is 14.9 Å². The number of rotatable bonds is 6. The van der Waals surface area contributed by atoms with Crippen LogP contribution in [0.4, 0.5) is 11.4 Å². The van der Waals surface area contributed by atoms with Crippen molar-refractivity contribution in [3.8, 4) is 45.3 Å². The molecule has 1 aliphatic rings. The fraction of sp³-hybridized carbons (Fsp3) is 0.0732. The molecule has 0 saturated carbocycles. The van der Waals surface area contributed by atoms with Crippen molar-refractivity contribution < 1.29 is 14.9 Å². The topological polar surface area (TPSA) is 74.4 Å². The smallest absolute Gasteiger partial charge is 0.157 e. The van der Waals surface area contributed by atoms with E-state index < -0.39 is 5.41 Å². The predicted octanol–water partition coefficient (Wildman–Crippen LogP) is 10.4. The summed E-state index contributed by atoms with van der Waals surface area (Å²) in [6.45, 7) is 4.33. The Balaban J connectivity index is 1.24. The quantitative estimate of drug-likeness (QED) is 0.187. The van der Waals surface area contributed by atoms with Crippen molar-refractivity contribution in [2.75, 3.05) is 0 Å². The molecule has 0 aliphatic carbocycles. The van der Waals surface area contributed by atoms with Gasteiger partial charge in [0.05, 0.1) is 0 Å². The predicted molar refractivity (Wildman–Crippen MR) is 187 cm³/mol. The van der Waals surface area contributed by atoms with Gasteiger partial charge in [-0.3, -0.25) is 9.98 Å². The molecular weight excluding hydrogens is 568 g/mol. The van der Waals surface area contributed by atoms with Crippen LogP contribution >= 0.6 is 0 Å². The molecule has 6 aromatic carbocycles. The zero-order valence-corrected chi connectivity index (χ0v) is 25.6. The molecule has 1 aliphatic heterocycles. The van der Waals surface area contributed by atoms with Crippen LogP contribution in [0.5, 0.6) is 23.0 Å². The van der Waals surface area contributed by atoms with Crippen LogP contribution in [-0.2, 0) is 5.41 Å². The number of benzene rings is 6. The number of hydrogen-bond donors (Lipinski definition) is 2. The molecule has 0 amide bonds. The lowest BCUT2D eigenvalue weighted by Gasteiger charge is -2.35. The van der Waals surface area contributed by atoms with Crippen LogP contribution in [0.15, 0.2) is 143 Å². The van der Waals surface area contributed by atoms with Crippen LogP contribution in [0.2, 0.25) is 0 Å². The van der Waals surface area contributed by atoms with E-state index in [1.807, 2.05) is 109 Å². The number of phenolic OH excluding ortho intramolecular Hbond substituents is 2. The summed E-state index contributed by atoms with van der Waals surface area (Å²) < 4.78 is 6.65. The highest BCUT2D eigenvalue weighted by Crippen LogP contribution is 2.54. The lowest BCUT2D eigenvalue weighted by atomic mass is 9.75. The van der Waals surface area contributed by atoms with Crippen molar-refractivity contribution >= 4 is 23.8 Å². The Labute approximate surface area is 268 Å². The van der Waals surface area contributed by atoms with E-state index in [0.29, 0.717) is 34.0 Å². The standard InChI is InChI=1S/C41H32N2O3/c1-41(2)33-15-9-17-35(42-25-31-23-29(19-21-37(31)44)27-11-5-3-6-12-27)39(33)46-40-34(41)16-10-18-36(40)43-26-32-24-30(20-22-38(32)45)28-13-7-4-8-14-28/h3-26,44-45H,1-2H3. The first kappa shape index (κ1) is 28.8. The van der Waals surface area contributed by atoms with Gasteiger partial charge in [-0.2, -0.15) is 0 Å². The van der Waals surface area contributed by atoms with E-state index in [-0.39, 0.29) is 11.5 Å². The minimum absolute atomic E-state index is 0.149. The van der Waals surface area contributed by atoms with Crippen molar-refractivity contribution in [1.29, 1.82) is 0 Å². The van der Waals surface area contributed by atoms with Gasteiger partial charge in [-0.25, -0.2) is 0 Å². The third-order valence-electron chi connectivity index (χ3n) is 8.49. The summed E-state index contributed by atoms with van der Waals surface area (Å²) in [5, 5.41) is 21.3. The van der Waals surface area contributed by atoms with Gasteiger partial charge in [-0.15, -0.1) is 0 Å². The van der Waals surface area contributed by atoms with Gasteiger partial charge in [0.15, 0.2) is 11.5 Å². The largest absolute Gasteiger partial charge is 0.507 e. The van der Waals surface area contributed by atoms with Crippen LogP contribution < -0.4 is 4.74 Å². The van der Waals surface area contributed by atoms with Gasteiger partial charge in [0.2, 0.25) is 0 Å². The maximum atomic E-state index is 10.6. The van der Waals surface area contributed by atoms with Crippen molar-refractivity contribution in [2.24, 2.45) is 9.98 Å². The number of para-hydroxylation sites is 2. The second-order valence-corrected chi connectivity index (χ2v) is 11.8. The molecule has 6 aromatic rings. The van der Waals surface area contributed by atoms with Crippen LogP contribution in [0.25, 0.3) is 22.3 Å². The molecule has 224 valence electrons. The van der Waals surface area contributed by atoms with E-state index in [9.17, 15) is 10.2 Å². The summed E-state index contributed by atoms with van der Waals surface area (Å²) in [7, 11) is 0. The molecule has 7 rings (SSSR count). The molecule has 0 spiro atoms. The number of ether oxygens (including phenoxy) is 1. The normalized spacial score (nSPS) is 13.3. The minimum atomic E-state index is -0.398. The van der Waals surface area contributed by atoms with Gasteiger partial charge in [-0.1, -0.05) is 111 Å². The van der Waals surface area contributed by atoms with Crippen LogP contribution in [0, 0.1) is 0 Å². The highest BCUT2D eigenvalue weighted by atomic mass is 16.5. The summed E-state index contributed by atoms with van der Waals surface area (Å²) in [4.78, 5) is 9.63. The maximum absolute atomic E-state index is 10.6. The number of aliphatic imine (C=N–C) groups is 2. The monoisotopic (exact) mass is 600 g/mol. The summed E-state index contributed by atoms with van der Waals surface area (Å²) in [5.74, 6) is 1.59. The fourth-order valence-electron chi connectivity index (χ4n) is 5.91. The van der Waals surface area contributed by atoms with Crippen LogP contribution in [0.3, 0.4) is 0 Å². The lowest BCUT2D eigenvalue weighted by molar-refractivity contribution is 0.420. The molecule has 0 fully saturated rings. The average Bonchev–Trinajstić information content (AvgIpc) is 3.08. The summed E-state index contributed by atoms with van der Waals surface area (Å²) in [5.41, 5.74) is 8.22. The molecule has 2 N–H and O–H groups in total. The summed E-state index contributed by atoms with van der Waals surface area (Å²) in [6, 6.07) is 43.0. The Morgan fingerprint density at radius 2 is 0.935 bits per heavy atom. The van der Waals surface area contributed by atoms with E-state index in [4.69, 9.17) is 14.7 Å². The second-order valence-electron chi connectivity index (χ2n) is 11.8. The fourth-order valence-corrected chi connectivity index (χ4v) is 5.91. The first-order valence-corrected chi connectivity index (χ1v) is 15.2. The Kier molecular flexibility index (Phi) is 7.43. The lowest BCUT2D eigenvalue weighted by Crippen LogP contribution is -2.24. The van der Waals surface area contributed by atoms with Crippen molar-refractivity contribution in [3.05, 3.63) is 156 Å². The third-order valence-corrected chi connectivity index (χ3v) is 8.49. The number of nitrogens with zero attached hydrogens (tertiary/aromatic N) is 2. The maximum Gasteiger partial charge on any atom is 0.157 e. The molecule has 0 radical (unpaired) electrons. The van der Waals surface area contributed by atoms with Crippen LogP contribution in [-0.4, -0.2) is 22.6 Å². The number of hydrogen-bond acceptors (Lipinski definition) is 5. The van der Waals surface area contributed by atoms with Gasteiger partial charge in [0.1, 0.15) is 22.9 Å². The Morgan fingerprint density at radius 3 is 1.37 bits per heavy atom. The number of phenols is 2. The van der Waals surface area contributed by atoms with E-state index in [2.05, 4.69) is 26.0 Å². The molecule has 0 unspecified atom stereocenters. The number of fused-ring (bicyclic) bond motifs is 2. The Morgan fingerprint density at radius 1 is 0.500 bits per heavy atom. The summed E-state index contributed by atoms with van der Waals surface area (Å²) >= 11 is 0. The molecule has 5 heteroatoms. The zero-order chi connectivity index (χ0) is 31.7. The first-order chi connectivity index (χ1) is 22.4. The molecule has 0 aromatic heterocycles. The molecule has 5 nitrogen and oxygen atoms in total. The van der Waals surface area contributed by atoms with Gasteiger partial charge in [0.25, 0.3) is 0 Å². The van der Waals surface area contributed by atoms with Crippen molar-refractivity contribution in [2.45, 2.75) is 19.3 Å². The Bertz CT molecular complexity index is 1970. The average molecular weight is 601 g/mol. The van der Waals surface area contributed by atoms with Crippen LogP contribution in [0.1, 0.15) is 36.1 Å². The van der Waals surface area contributed by atoms with Gasteiger partial charge in [0, 0.05) is 40.1 Å². The van der Waals surface area contributed by atoms with E-state index >= 15 is 0 Å². The molecule has 0 atom stereocenters. The third kappa shape index (κ3) is 5.44. The zero-order valence-electron chi connectivity index (χ0n) is 25.6. The molecule has 1 heterocycles. The van der Waals surface area contributed by atoms with Crippen molar-refractivity contribution in [1.82, 2.24) is 0 Å². The highest BCUT2D eigenvalue weighted by Gasteiger charge is 2.36. The number of aromatic hydroxyl groups is 2. The first-order valence-electron chi connectivity index (χ1n) is 15.2. The molecule has 0 bridgehead atoms. The molecule has 0 saturated heterocycles. The summed E-state index contributed by atoms with van der Waals surface area (Å²) in [6.07, 6.45) is 3.35. The molecule has 46 heavy (non-hydrogen) atoms. The van der Waals surface area contributed by atoms with E-state index in [0.717, 1.165) is 33.4 Å². The van der Waals surface area contributed by atoms with Gasteiger partial charge >= 0.3 is 0 Å². The Hall–Kier alpha value is -5.94. The van der Waals surface area contributed by atoms with E-state index in [1.54, 1.807) is 24.6 Å². The molecular formula is C41H32N2O3. The minimum Gasteiger partial charge on any atom is -0.507 e. The van der Waals surface area contributed by atoms with Crippen molar-refractivity contribution in [3.63, 3.8) is 0 Å². The highest BCUT2D eigenvalue weighted by molar-refractivity contribution is 5.90. The SMILES string of the molecule is CC1(C)c2cccc(N=Cc3cc(-c4ccccc4)ccc3O)c2Oc2c(N=Cc3cc(-c4ccccc4)ccc3O)cccc21.